The molecule has 0 saturated carbocycles. The number of carbonyl (C=O) groups is 1. The number of aromatic nitrogens is 2. The molecular formula is C19H21F3N4O2. The number of alkyl halides is 3. The Morgan fingerprint density at radius 3 is 2.32 bits per heavy atom. The zero-order valence-electron chi connectivity index (χ0n) is 15.7. The number of ether oxygens (including phenoxy) is 1. The number of aryl methyl sites for hydroxylation is 1. The predicted molar refractivity (Wildman–Crippen MR) is 97.3 cm³/mol. The molecule has 1 aromatic carbocycles. The topological polar surface area (TPSA) is 58.6 Å². The number of piperazine rings is 1. The molecule has 9 heteroatoms. The van der Waals surface area contributed by atoms with Gasteiger partial charge in [0.15, 0.2) is 0 Å². The molecule has 2 aromatic rings. The number of hydrogen-bond donors (Lipinski definition) is 0. The summed E-state index contributed by atoms with van der Waals surface area (Å²) in [6.45, 7) is 4.04. The number of anilines is 1. The average molecular weight is 394 g/mol. The fourth-order valence-electron chi connectivity index (χ4n) is 3.07. The molecule has 0 bridgehead atoms. The zero-order valence-corrected chi connectivity index (χ0v) is 15.7. The lowest BCUT2D eigenvalue weighted by molar-refractivity contribution is -0.137. The van der Waals surface area contributed by atoms with Crippen LogP contribution in [0, 0.1) is 6.92 Å². The van der Waals surface area contributed by atoms with Crippen LogP contribution in [0.2, 0.25) is 0 Å². The average Bonchev–Trinajstić information content (AvgIpc) is 2.67. The smallest absolute Gasteiger partial charge is 0.416 e. The summed E-state index contributed by atoms with van der Waals surface area (Å²) in [5.74, 6) is 1.74. The Bertz CT molecular complexity index is 832. The molecule has 1 aliphatic heterocycles. The first-order valence-electron chi connectivity index (χ1n) is 8.85. The van der Waals surface area contributed by atoms with Gasteiger partial charge in [-0.25, -0.2) is 4.98 Å². The lowest BCUT2D eigenvalue weighted by Crippen LogP contribution is -2.49. The van der Waals surface area contributed by atoms with Gasteiger partial charge in [-0.1, -0.05) is 12.1 Å². The zero-order chi connectivity index (χ0) is 20.3. The van der Waals surface area contributed by atoms with Gasteiger partial charge in [-0.05, 0) is 24.6 Å². The van der Waals surface area contributed by atoms with Crippen molar-refractivity contribution in [1.29, 1.82) is 0 Å². The molecule has 1 fully saturated rings. The van der Waals surface area contributed by atoms with E-state index in [2.05, 4.69) is 14.9 Å². The Morgan fingerprint density at radius 2 is 1.75 bits per heavy atom. The van der Waals surface area contributed by atoms with Crippen molar-refractivity contribution in [1.82, 2.24) is 14.9 Å². The van der Waals surface area contributed by atoms with Crippen LogP contribution in [0.3, 0.4) is 0 Å². The normalized spacial score (nSPS) is 14.9. The van der Waals surface area contributed by atoms with Crippen molar-refractivity contribution >= 4 is 11.7 Å². The summed E-state index contributed by atoms with van der Waals surface area (Å²) in [4.78, 5) is 24.8. The van der Waals surface area contributed by atoms with Crippen LogP contribution in [-0.2, 0) is 17.4 Å². The van der Waals surface area contributed by atoms with E-state index in [-0.39, 0.29) is 12.3 Å². The minimum absolute atomic E-state index is 0.0819. The molecule has 1 amide bonds. The van der Waals surface area contributed by atoms with Crippen molar-refractivity contribution in [2.75, 3.05) is 38.2 Å². The first-order valence-corrected chi connectivity index (χ1v) is 8.85. The van der Waals surface area contributed by atoms with E-state index in [0.29, 0.717) is 43.4 Å². The maximum atomic E-state index is 12.6. The fourth-order valence-corrected chi connectivity index (χ4v) is 3.07. The number of methoxy groups -OCH3 is 1. The number of nitrogens with zero attached hydrogens (tertiary/aromatic N) is 4. The van der Waals surface area contributed by atoms with E-state index in [9.17, 15) is 18.0 Å². The van der Waals surface area contributed by atoms with E-state index < -0.39 is 11.7 Å². The van der Waals surface area contributed by atoms with Gasteiger partial charge in [0.05, 0.1) is 19.1 Å². The Balaban J connectivity index is 1.57. The van der Waals surface area contributed by atoms with Crippen LogP contribution in [-0.4, -0.2) is 54.1 Å². The third-order valence-electron chi connectivity index (χ3n) is 4.60. The molecule has 1 aliphatic rings. The molecule has 150 valence electrons. The molecule has 0 unspecified atom stereocenters. The molecule has 0 radical (unpaired) electrons. The number of carbonyl (C=O) groups excluding carboxylic acids is 1. The molecule has 0 spiro atoms. The third kappa shape index (κ3) is 4.71. The second-order valence-electron chi connectivity index (χ2n) is 6.56. The number of halogens is 3. The van der Waals surface area contributed by atoms with Crippen molar-refractivity contribution < 1.29 is 22.7 Å². The molecule has 1 saturated heterocycles. The van der Waals surface area contributed by atoms with Crippen molar-refractivity contribution in [3.63, 3.8) is 0 Å². The first-order chi connectivity index (χ1) is 13.3. The van der Waals surface area contributed by atoms with Crippen molar-refractivity contribution in [3.05, 3.63) is 47.3 Å². The number of benzene rings is 1. The first kappa shape index (κ1) is 19.9. The van der Waals surface area contributed by atoms with Gasteiger partial charge in [0.1, 0.15) is 11.6 Å². The summed E-state index contributed by atoms with van der Waals surface area (Å²) in [5.41, 5.74) is -0.149. The monoisotopic (exact) mass is 394 g/mol. The van der Waals surface area contributed by atoms with E-state index in [4.69, 9.17) is 4.74 Å². The highest BCUT2D eigenvalue weighted by atomic mass is 19.4. The lowest BCUT2D eigenvalue weighted by Gasteiger charge is -2.35. The van der Waals surface area contributed by atoms with Crippen LogP contribution < -0.4 is 9.64 Å². The Hall–Kier alpha value is -2.84. The molecule has 2 heterocycles. The molecule has 28 heavy (non-hydrogen) atoms. The summed E-state index contributed by atoms with van der Waals surface area (Å²) < 4.78 is 43.0. The van der Waals surface area contributed by atoms with Crippen LogP contribution in [0.25, 0.3) is 0 Å². The maximum Gasteiger partial charge on any atom is 0.416 e. The standard InChI is InChI=1S/C19H21F3N4O2/c1-13-23-16(12-17(24-13)28-2)25-7-9-26(10-8-25)18(27)11-14-3-5-15(6-4-14)19(20,21)22/h3-6,12H,7-11H2,1-2H3. The molecule has 1 aromatic heterocycles. The number of rotatable bonds is 4. The van der Waals surface area contributed by atoms with Crippen molar-refractivity contribution in [3.8, 4) is 5.88 Å². The fraction of sp³-hybridized carbons (Fsp3) is 0.421. The van der Waals surface area contributed by atoms with E-state index in [0.717, 1.165) is 18.0 Å². The van der Waals surface area contributed by atoms with Gasteiger partial charge >= 0.3 is 6.18 Å². The van der Waals surface area contributed by atoms with Crippen LogP contribution in [0.5, 0.6) is 5.88 Å². The summed E-state index contributed by atoms with van der Waals surface area (Å²) in [6.07, 6.45) is -4.29. The molecule has 3 rings (SSSR count). The molecule has 0 N–H and O–H groups in total. The predicted octanol–water partition coefficient (Wildman–Crippen LogP) is 2.70. The Labute approximate surface area is 160 Å². The van der Waals surface area contributed by atoms with Gasteiger partial charge in [-0.3, -0.25) is 4.79 Å². The van der Waals surface area contributed by atoms with Crippen LogP contribution in [0.1, 0.15) is 17.0 Å². The van der Waals surface area contributed by atoms with Gasteiger partial charge in [0.25, 0.3) is 0 Å². The van der Waals surface area contributed by atoms with Gasteiger partial charge < -0.3 is 14.5 Å². The molecule has 6 nitrogen and oxygen atoms in total. The number of amides is 1. The van der Waals surface area contributed by atoms with E-state index in [1.807, 2.05) is 0 Å². The molecule has 0 atom stereocenters. The van der Waals surface area contributed by atoms with Crippen molar-refractivity contribution in [2.24, 2.45) is 0 Å². The minimum Gasteiger partial charge on any atom is -0.481 e. The van der Waals surface area contributed by atoms with E-state index >= 15 is 0 Å². The Kier molecular flexibility index (Phi) is 5.71. The SMILES string of the molecule is COc1cc(N2CCN(C(=O)Cc3ccc(C(F)(F)F)cc3)CC2)nc(C)n1. The largest absolute Gasteiger partial charge is 0.481 e. The maximum absolute atomic E-state index is 12.6. The lowest BCUT2D eigenvalue weighted by atomic mass is 10.1. The highest BCUT2D eigenvalue weighted by Crippen LogP contribution is 2.29. The van der Waals surface area contributed by atoms with Gasteiger partial charge in [0.2, 0.25) is 11.8 Å². The summed E-state index contributed by atoms with van der Waals surface area (Å²) in [7, 11) is 1.55. The quantitative estimate of drug-likeness (QED) is 0.798. The van der Waals surface area contributed by atoms with Crippen LogP contribution in [0.4, 0.5) is 19.0 Å². The summed E-state index contributed by atoms with van der Waals surface area (Å²) in [5, 5.41) is 0. The van der Waals surface area contributed by atoms with Crippen LogP contribution in [0.15, 0.2) is 30.3 Å². The third-order valence-corrected chi connectivity index (χ3v) is 4.60. The minimum atomic E-state index is -4.37. The highest BCUT2D eigenvalue weighted by Gasteiger charge is 2.30. The van der Waals surface area contributed by atoms with Gasteiger partial charge in [-0.2, -0.15) is 18.2 Å². The highest BCUT2D eigenvalue weighted by molar-refractivity contribution is 5.79. The summed E-state index contributed by atoms with van der Waals surface area (Å²) >= 11 is 0. The second kappa shape index (κ2) is 8.04. The molecule has 0 aliphatic carbocycles. The van der Waals surface area contributed by atoms with E-state index in [1.165, 1.54) is 12.1 Å². The van der Waals surface area contributed by atoms with E-state index in [1.54, 1.807) is 25.0 Å². The Morgan fingerprint density at radius 1 is 1.11 bits per heavy atom. The molecular weight excluding hydrogens is 373 g/mol. The van der Waals surface area contributed by atoms with Crippen molar-refractivity contribution in [2.45, 2.75) is 19.5 Å². The summed E-state index contributed by atoms with van der Waals surface area (Å²) in [6, 6.07) is 6.48. The van der Waals surface area contributed by atoms with Crippen LogP contribution >= 0.6 is 0 Å². The second-order valence-corrected chi connectivity index (χ2v) is 6.56. The number of hydrogen-bond acceptors (Lipinski definition) is 5. The van der Waals surface area contributed by atoms with Gasteiger partial charge in [-0.15, -0.1) is 0 Å². The van der Waals surface area contributed by atoms with Gasteiger partial charge in [0, 0.05) is 32.2 Å².